The van der Waals surface area contributed by atoms with Crippen molar-refractivity contribution in [3.8, 4) is 5.75 Å². The molecule has 3 N–H and O–H groups in total. The fourth-order valence-corrected chi connectivity index (χ4v) is 2.62. The fraction of sp³-hybridized carbons (Fsp3) is 0.533. The number of anilines is 1. The third-order valence-corrected chi connectivity index (χ3v) is 3.89. The number of amides is 1. The van der Waals surface area contributed by atoms with E-state index in [1.807, 2.05) is 19.1 Å². The Labute approximate surface area is 114 Å². The van der Waals surface area contributed by atoms with Crippen molar-refractivity contribution in [1.82, 2.24) is 5.32 Å². The third-order valence-electron chi connectivity index (χ3n) is 3.89. The van der Waals surface area contributed by atoms with Crippen molar-refractivity contribution in [1.29, 1.82) is 0 Å². The molecule has 0 spiro atoms. The molecule has 0 aromatic heterocycles. The number of benzene rings is 1. The molecule has 1 aliphatic heterocycles. The summed E-state index contributed by atoms with van der Waals surface area (Å²) in [5.41, 5.74) is 1.17. The van der Waals surface area contributed by atoms with Gasteiger partial charge in [-0.15, -0.1) is 0 Å². The van der Waals surface area contributed by atoms with Crippen LogP contribution in [0, 0.1) is 12.3 Å². The molecule has 104 valence electrons. The summed E-state index contributed by atoms with van der Waals surface area (Å²) in [6, 6.07) is 5.13. The Morgan fingerprint density at radius 1 is 1.47 bits per heavy atom. The van der Waals surface area contributed by atoms with Crippen LogP contribution in [-0.2, 0) is 4.79 Å². The van der Waals surface area contributed by atoms with Crippen LogP contribution in [0.2, 0.25) is 0 Å². The van der Waals surface area contributed by atoms with Gasteiger partial charge in [0, 0.05) is 0 Å². The predicted molar refractivity (Wildman–Crippen MR) is 76.3 cm³/mol. The quantitative estimate of drug-likeness (QED) is 0.717. The number of phenolic OH excluding ortho intramolecular Hbond substituents is 1. The van der Waals surface area contributed by atoms with Crippen molar-refractivity contribution in [2.45, 2.75) is 39.7 Å². The molecule has 1 saturated heterocycles. The van der Waals surface area contributed by atoms with Crippen LogP contribution in [0.15, 0.2) is 18.2 Å². The van der Waals surface area contributed by atoms with E-state index in [1.165, 1.54) is 0 Å². The summed E-state index contributed by atoms with van der Waals surface area (Å²) in [6.07, 6.45) is 2.12. The fourth-order valence-electron chi connectivity index (χ4n) is 2.62. The Hall–Kier alpha value is -1.55. The van der Waals surface area contributed by atoms with E-state index in [0.717, 1.165) is 24.9 Å². The van der Waals surface area contributed by atoms with E-state index >= 15 is 0 Å². The molecule has 0 bridgehead atoms. The maximum Gasteiger partial charge on any atom is 0.242 e. The molecule has 0 saturated carbocycles. The maximum absolute atomic E-state index is 12.4. The Morgan fingerprint density at radius 3 is 2.89 bits per heavy atom. The summed E-state index contributed by atoms with van der Waals surface area (Å²) >= 11 is 0. The molecule has 4 nitrogen and oxygen atoms in total. The molecule has 1 atom stereocenters. The SMILES string of the molecule is Cc1cccc(NC(=O)C2NCCCC2(C)C)c1O. The van der Waals surface area contributed by atoms with Crippen molar-refractivity contribution in [2.24, 2.45) is 5.41 Å². The highest BCUT2D eigenvalue weighted by atomic mass is 16.3. The first-order valence-electron chi connectivity index (χ1n) is 6.74. The predicted octanol–water partition coefficient (Wildman–Crippen LogP) is 2.42. The standard InChI is InChI=1S/C15H22N2O2/c1-10-6-4-7-11(12(10)18)17-14(19)13-15(2,3)8-5-9-16-13/h4,6-7,13,16,18H,5,8-9H2,1-3H3,(H,17,19). The Balaban J connectivity index is 2.14. The van der Waals surface area contributed by atoms with E-state index in [1.54, 1.807) is 6.07 Å². The highest BCUT2D eigenvalue weighted by molar-refractivity contribution is 5.96. The van der Waals surface area contributed by atoms with Crippen LogP contribution in [0.25, 0.3) is 0 Å². The largest absolute Gasteiger partial charge is 0.505 e. The highest BCUT2D eigenvalue weighted by Crippen LogP contribution is 2.32. The average Bonchev–Trinajstić information content (AvgIpc) is 2.34. The van der Waals surface area contributed by atoms with Crippen LogP contribution < -0.4 is 10.6 Å². The van der Waals surface area contributed by atoms with Crippen molar-refractivity contribution in [3.05, 3.63) is 23.8 Å². The zero-order chi connectivity index (χ0) is 14.0. The van der Waals surface area contributed by atoms with Gasteiger partial charge in [0.15, 0.2) is 0 Å². The molecule has 2 rings (SSSR count). The minimum atomic E-state index is -0.221. The number of hydrogen-bond donors (Lipinski definition) is 3. The third kappa shape index (κ3) is 2.89. The number of phenols is 1. The number of aromatic hydroxyl groups is 1. The van der Waals surface area contributed by atoms with Crippen LogP contribution in [0.4, 0.5) is 5.69 Å². The van der Waals surface area contributed by atoms with Gasteiger partial charge >= 0.3 is 0 Å². The molecule has 1 aromatic rings. The number of carbonyl (C=O) groups is 1. The number of aryl methyl sites for hydroxylation is 1. The molecule has 1 aliphatic rings. The summed E-state index contributed by atoms with van der Waals surface area (Å²) in [4.78, 5) is 12.4. The van der Waals surface area contributed by atoms with E-state index in [2.05, 4.69) is 24.5 Å². The van der Waals surface area contributed by atoms with E-state index in [-0.39, 0.29) is 23.1 Å². The van der Waals surface area contributed by atoms with Gasteiger partial charge in [-0.3, -0.25) is 4.79 Å². The Kier molecular flexibility index (Phi) is 3.80. The number of piperidine rings is 1. The van der Waals surface area contributed by atoms with E-state index in [0.29, 0.717) is 5.69 Å². The van der Waals surface area contributed by atoms with Crippen molar-refractivity contribution in [3.63, 3.8) is 0 Å². The second-order valence-electron chi connectivity index (χ2n) is 5.94. The summed E-state index contributed by atoms with van der Waals surface area (Å²) in [5, 5.41) is 16.0. The lowest BCUT2D eigenvalue weighted by Crippen LogP contribution is -2.53. The molecular formula is C15H22N2O2. The molecule has 4 heteroatoms. The molecule has 19 heavy (non-hydrogen) atoms. The minimum absolute atomic E-state index is 0.0677. The molecule has 1 unspecified atom stereocenters. The summed E-state index contributed by atoms with van der Waals surface area (Å²) in [7, 11) is 0. The van der Waals surface area contributed by atoms with Gasteiger partial charge in [0.05, 0.1) is 11.7 Å². The normalized spacial score (nSPS) is 21.9. The second kappa shape index (κ2) is 5.21. The van der Waals surface area contributed by atoms with Crippen LogP contribution in [0.3, 0.4) is 0 Å². The van der Waals surface area contributed by atoms with Gasteiger partial charge in [0.2, 0.25) is 5.91 Å². The van der Waals surface area contributed by atoms with Gasteiger partial charge in [-0.2, -0.15) is 0 Å². The zero-order valence-corrected chi connectivity index (χ0v) is 11.8. The van der Waals surface area contributed by atoms with E-state index in [4.69, 9.17) is 0 Å². The molecule has 1 amide bonds. The van der Waals surface area contributed by atoms with Crippen LogP contribution in [-0.4, -0.2) is 23.6 Å². The zero-order valence-electron chi connectivity index (χ0n) is 11.8. The Bertz CT molecular complexity index is 483. The highest BCUT2D eigenvalue weighted by Gasteiger charge is 2.37. The second-order valence-corrected chi connectivity index (χ2v) is 5.94. The lowest BCUT2D eigenvalue weighted by atomic mass is 9.77. The average molecular weight is 262 g/mol. The van der Waals surface area contributed by atoms with E-state index < -0.39 is 0 Å². The Morgan fingerprint density at radius 2 is 2.21 bits per heavy atom. The van der Waals surface area contributed by atoms with Gasteiger partial charge in [0.25, 0.3) is 0 Å². The first-order chi connectivity index (χ1) is 8.92. The van der Waals surface area contributed by atoms with Crippen molar-refractivity contribution < 1.29 is 9.90 Å². The molecule has 0 radical (unpaired) electrons. The monoisotopic (exact) mass is 262 g/mol. The van der Waals surface area contributed by atoms with Crippen molar-refractivity contribution >= 4 is 11.6 Å². The molecule has 1 fully saturated rings. The molecule has 1 heterocycles. The topological polar surface area (TPSA) is 61.4 Å². The van der Waals surface area contributed by atoms with Gasteiger partial charge < -0.3 is 15.7 Å². The molecule has 1 aromatic carbocycles. The number of rotatable bonds is 2. The van der Waals surface area contributed by atoms with Crippen LogP contribution >= 0.6 is 0 Å². The summed E-state index contributed by atoms with van der Waals surface area (Å²) in [5.74, 6) is 0.0649. The van der Waals surface area contributed by atoms with Crippen LogP contribution in [0.5, 0.6) is 5.75 Å². The van der Waals surface area contributed by atoms with Gasteiger partial charge in [-0.25, -0.2) is 0 Å². The lowest BCUT2D eigenvalue weighted by Gasteiger charge is -2.38. The first kappa shape index (κ1) is 13.9. The van der Waals surface area contributed by atoms with Crippen molar-refractivity contribution in [2.75, 3.05) is 11.9 Å². The molecular weight excluding hydrogens is 240 g/mol. The smallest absolute Gasteiger partial charge is 0.242 e. The minimum Gasteiger partial charge on any atom is -0.505 e. The number of para-hydroxylation sites is 1. The number of nitrogens with one attached hydrogen (secondary N) is 2. The lowest BCUT2D eigenvalue weighted by molar-refractivity contribution is -0.121. The first-order valence-corrected chi connectivity index (χ1v) is 6.74. The number of hydrogen-bond acceptors (Lipinski definition) is 3. The van der Waals surface area contributed by atoms with Gasteiger partial charge in [-0.05, 0) is 43.4 Å². The van der Waals surface area contributed by atoms with E-state index in [9.17, 15) is 9.90 Å². The molecule has 0 aliphatic carbocycles. The van der Waals surface area contributed by atoms with Crippen LogP contribution in [0.1, 0.15) is 32.3 Å². The van der Waals surface area contributed by atoms with Gasteiger partial charge in [0.1, 0.15) is 5.75 Å². The summed E-state index contributed by atoms with van der Waals surface area (Å²) in [6.45, 7) is 6.87. The number of carbonyl (C=O) groups excluding carboxylic acids is 1. The van der Waals surface area contributed by atoms with Gasteiger partial charge in [-0.1, -0.05) is 26.0 Å². The maximum atomic E-state index is 12.4. The summed E-state index contributed by atoms with van der Waals surface area (Å²) < 4.78 is 0.